The van der Waals surface area contributed by atoms with Gasteiger partial charge in [-0.1, -0.05) is 18.2 Å². The lowest BCUT2D eigenvalue weighted by Gasteiger charge is -2.45. The molecule has 4 aromatic carbocycles. The molecule has 5 fully saturated rings. The molecule has 0 spiro atoms. The summed E-state index contributed by atoms with van der Waals surface area (Å²) < 4.78 is 84.9. The molecule has 0 radical (unpaired) electrons. The fourth-order valence-corrected chi connectivity index (χ4v) is 12.2. The summed E-state index contributed by atoms with van der Waals surface area (Å²) in [4.78, 5) is 49.8. The van der Waals surface area contributed by atoms with E-state index in [1.165, 1.54) is 67.8 Å². The zero-order chi connectivity index (χ0) is 81.5. The Morgan fingerprint density at radius 3 is 1.33 bits per heavy atom. The highest BCUT2D eigenvalue weighted by atomic mass is 16.8. The third-order valence-corrected chi connectivity index (χ3v) is 18.6. The molecule has 4 aromatic rings. The molecular weight excluding hydrogens is 1520 g/mol. The smallest absolute Gasteiger partial charge is 0.507 e. The van der Waals surface area contributed by atoms with Gasteiger partial charge in [0.15, 0.2) is 75.3 Å². The zero-order valence-electron chi connectivity index (χ0n) is 58.8. The molecular formula is C73H81O40+. The molecule has 612 valence electrons. The van der Waals surface area contributed by atoms with Gasteiger partial charge in [0.05, 0.1) is 32.0 Å². The summed E-state index contributed by atoms with van der Waals surface area (Å²) in [7, 11) is 1.23. The highest BCUT2D eigenvalue weighted by molar-refractivity contribution is 5.89. The first kappa shape index (κ1) is 84.0. The Kier molecular flexibility index (Phi) is 27.1. The molecule has 0 bridgehead atoms. The number of hydrogen-bond acceptors (Lipinski definition) is 39. The summed E-state index contributed by atoms with van der Waals surface area (Å²) in [5.41, 5.74) is -0.295. The number of methoxy groups -OCH3 is 1. The fourth-order valence-electron chi connectivity index (χ4n) is 12.2. The van der Waals surface area contributed by atoms with Crippen LogP contribution in [0.3, 0.4) is 0 Å². The summed E-state index contributed by atoms with van der Waals surface area (Å²) in [5, 5.41) is 224. The van der Waals surface area contributed by atoms with E-state index in [4.69, 9.17) is 70.7 Å². The van der Waals surface area contributed by atoms with E-state index >= 15 is 0 Å². The predicted molar refractivity (Wildman–Crippen MR) is 372 cm³/mol. The summed E-state index contributed by atoms with van der Waals surface area (Å²) >= 11 is 0. The minimum Gasteiger partial charge on any atom is -0.507 e. The number of aliphatic hydroxyl groups is 16. The van der Waals surface area contributed by atoms with Gasteiger partial charge in [-0.25, -0.2) is 9.59 Å². The Bertz CT molecular complexity index is 4410. The van der Waals surface area contributed by atoms with Crippen molar-refractivity contribution in [1.82, 2.24) is 0 Å². The first-order valence-corrected chi connectivity index (χ1v) is 34.4. The third kappa shape index (κ3) is 19.3. The molecule has 1 aliphatic carbocycles. The van der Waals surface area contributed by atoms with Gasteiger partial charge in [-0.3, -0.25) is 4.79 Å². The molecule has 0 unspecified atom stereocenters. The lowest BCUT2D eigenvalue weighted by atomic mass is 9.97. The largest absolute Gasteiger partial charge is 0.510 e. The molecule has 40 nitrogen and oxygen atoms in total. The van der Waals surface area contributed by atoms with Crippen molar-refractivity contribution in [3.63, 3.8) is 0 Å². The Morgan fingerprint density at radius 2 is 0.814 bits per heavy atom. The molecule has 0 aromatic heterocycles. The highest BCUT2D eigenvalue weighted by Gasteiger charge is 2.54. The van der Waals surface area contributed by atoms with Gasteiger partial charge in [-0.2, -0.15) is 0 Å². The van der Waals surface area contributed by atoms with E-state index in [1.807, 2.05) is 0 Å². The van der Waals surface area contributed by atoms with Crippen LogP contribution in [0, 0.1) is 0 Å². The van der Waals surface area contributed by atoms with E-state index in [-0.39, 0.29) is 68.1 Å². The van der Waals surface area contributed by atoms with Crippen LogP contribution in [0.4, 0.5) is 0 Å². The Balaban J connectivity index is 0.745. The van der Waals surface area contributed by atoms with Gasteiger partial charge in [0.2, 0.25) is 31.8 Å². The van der Waals surface area contributed by atoms with Gasteiger partial charge in [-0.05, 0) is 95.6 Å². The Morgan fingerprint density at radius 1 is 0.398 bits per heavy atom. The number of fused-ring (bicyclic) bond motifs is 1. The predicted octanol–water partition coefficient (Wildman–Crippen LogP) is -4.74. The molecule has 7 aliphatic rings. The molecule has 22 N–H and O–H groups in total. The number of benzene rings is 5. The molecule has 113 heavy (non-hydrogen) atoms. The second-order valence-corrected chi connectivity index (χ2v) is 26.3. The summed E-state index contributed by atoms with van der Waals surface area (Å²) in [5.74, 6) is -7.61. The van der Waals surface area contributed by atoms with Crippen molar-refractivity contribution in [2.75, 3.05) is 40.1 Å². The van der Waals surface area contributed by atoms with E-state index in [1.54, 1.807) is 0 Å². The second-order valence-electron chi connectivity index (χ2n) is 26.3. The van der Waals surface area contributed by atoms with Crippen LogP contribution in [0.5, 0.6) is 57.5 Å². The molecule has 5 saturated heterocycles. The number of carbonyl (C=O) groups is 2. The van der Waals surface area contributed by atoms with E-state index in [2.05, 4.69) is 0 Å². The minimum atomic E-state index is -2.23. The maximum Gasteiger partial charge on any atom is 0.510 e. The van der Waals surface area contributed by atoms with Crippen molar-refractivity contribution < 1.29 is 192 Å². The Hall–Kier alpha value is -9.94. The number of carbonyl (C=O) groups excluding carboxylic acids is 3. The molecule has 0 amide bonds. The van der Waals surface area contributed by atoms with Crippen molar-refractivity contribution in [3.05, 3.63) is 136 Å². The molecule has 6 aliphatic heterocycles. The van der Waals surface area contributed by atoms with Gasteiger partial charge in [0.25, 0.3) is 0 Å². The molecule has 40 heteroatoms. The quantitative estimate of drug-likeness (QED) is 0.0105. The van der Waals surface area contributed by atoms with Crippen LogP contribution in [0.15, 0.2) is 118 Å². The van der Waals surface area contributed by atoms with Crippen LogP contribution in [-0.2, 0) is 52.2 Å². The number of esters is 3. The zero-order valence-corrected chi connectivity index (χ0v) is 58.8. The van der Waals surface area contributed by atoms with Crippen molar-refractivity contribution >= 4 is 36.1 Å². The van der Waals surface area contributed by atoms with Crippen molar-refractivity contribution in [3.8, 4) is 80.1 Å². The molecule has 11 rings (SSSR count). The SMILES string of the molecule is COc1cc(-c2oc3cc(=O)cc(O)c-3cc2O[C@@H]2O[C@H](COC(=O)/C=C/c3ccc(O[C@@H]4O[C@H](COC(=O)C=Cc5ccc(O)c(O[C@@H]6O[C@H](CO)[C@@H](O)[C@H](O)[C@H]6O)c5)[C@@H](O)[C@H](O)[C@H]4O)c(O)c3)[C@@H](O)[C@H](O)[C@H]2O[C@@H]2O[C@H](COC(=[OH+])C=Cc3ccc(O)c(O[C@@H]4O[C@H](CO)[C@@H](O)[C@H](O)[C@H]4O)c3)[C@@H](O)[C@H](O)[C@H]2O)ccc1O. The van der Waals surface area contributed by atoms with Gasteiger partial charge in [-0.15, -0.1) is 0 Å². The van der Waals surface area contributed by atoms with Gasteiger partial charge in [0, 0.05) is 29.8 Å². The number of aliphatic hydroxyl groups excluding tert-OH is 16. The molecule has 6 heterocycles. The van der Waals surface area contributed by atoms with Crippen LogP contribution in [0.2, 0.25) is 0 Å². The monoisotopic (exact) mass is 1600 g/mol. The average molecular weight is 1600 g/mol. The highest BCUT2D eigenvalue weighted by Crippen LogP contribution is 2.45. The average Bonchev–Trinajstić information content (AvgIpc) is 0.763. The summed E-state index contributed by atoms with van der Waals surface area (Å²) in [6.45, 7) is -4.01. The number of hydrogen-bond donors (Lipinski definition) is 21. The van der Waals surface area contributed by atoms with Gasteiger partial charge >= 0.3 is 17.9 Å². The van der Waals surface area contributed by atoms with E-state index in [0.717, 1.165) is 66.8 Å². The van der Waals surface area contributed by atoms with Crippen molar-refractivity contribution in [2.24, 2.45) is 0 Å². The minimum absolute atomic E-state index is 0.0700. The number of aromatic hydroxyl groups is 5. The van der Waals surface area contributed by atoms with E-state index in [0.29, 0.717) is 0 Å². The molecule has 25 atom stereocenters. The Labute approximate surface area is 636 Å². The topological polar surface area (TPSA) is 640 Å². The summed E-state index contributed by atoms with van der Waals surface area (Å²) in [6.07, 6.45) is -40.1. The van der Waals surface area contributed by atoms with Crippen LogP contribution in [0.25, 0.3) is 40.9 Å². The van der Waals surface area contributed by atoms with Gasteiger partial charge in [0.1, 0.15) is 141 Å². The van der Waals surface area contributed by atoms with Crippen LogP contribution < -0.4 is 29.1 Å². The number of ether oxygens (including phenoxy) is 14. The van der Waals surface area contributed by atoms with Crippen molar-refractivity contribution in [1.29, 1.82) is 0 Å². The third-order valence-electron chi connectivity index (χ3n) is 18.6. The maximum absolute atomic E-state index is 13.4. The normalized spacial score (nSPS) is 32.1. The first-order valence-electron chi connectivity index (χ1n) is 34.4. The maximum atomic E-state index is 13.4. The van der Waals surface area contributed by atoms with Crippen LogP contribution in [0.1, 0.15) is 16.7 Å². The fraction of sp³-hybridized carbons (Fsp3) is 0.425. The van der Waals surface area contributed by atoms with Crippen LogP contribution in [-0.4, -0.2) is 324 Å². The molecule has 0 saturated carbocycles. The lowest BCUT2D eigenvalue weighted by molar-refractivity contribution is -0.357. The van der Waals surface area contributed by atoms with E-state index < -0.39 is 239 Å². The number of phenolic OH excluding ortho intramolecular Hbond substituents is 5. The van der Waals surface area contributed by atoms with Gasteiger partial charge < -0.3 is 183 Å². The summed E-state index contributed by atoms with van der Waals surface area (Å²) in [6, 6.07) is 17.7. The first-order chi connectivity index (χ1) is 53.8. The van der Waals surface area contributed by atoms with Crippen LogP contribution >= 0.6 is 0 Å². The number of rotatable bonds is 26. The lowest BCUT2D eigenvalue weighted by Crippen LogP contribution is -2.65. The van der Waals surface area contributed by atoms with Crippen molar-refractivity contribution in [2.45, 2.75) is 154 Å². The van der Waals surface area contributed by atoms with E-state index in [9.17, 15) is 126 Å². The second kappa shape index (κ2) is 36.5. The standard InChI is InChI=1S/C73H80O40/c1-99-41-19-31(8-11-34(41)77)67-44(22-33-37(80)20-32(76)21-40(33)103-67)107-73-68(113-72-66(98)61(93)56(88)48(111-72)26-101-52(84)15-7-30-3-10-36(79)43(18-30)106-71-64(96)59(91)54(86)46(24-75)109-71)62(94)57(89)49(112-73)27-102-50(82)13-5-28-4-12-39(38(81)16-28)104-69-65(97)60(92)55(87)47(110-69)25-100-51(83)14-6-29-2-9-35(78)42(17-29)105-70-63(95)58(90)53(85)45(23-74)108-70/h2-22,45-49,53-66,68-75,77-81,85-98H,23-27H2,1H3/p+1/b13-5+,14-6?,15-7?/t45-,46-,47-,48-,49-,53-,54-,55-,56-,57-,58+,59+,60+,61+,62+,63-,64-,65-,66-,68-,69-,70-,71-,72+,73-/m1/s1. The number of phenols is 5.